The van der Waals surface area contributed by atoms with E-state index in [4.69, 9.17) is 4.52 Å². The maximum absolute atomic E-state index is 4.85. The molecule has 0 radical (unpaired) electrons. The minimum absolute atomic E-state index is 0.663. The molecule has 0 saturated carbocycles. The van der Waals surface area contributed by atoms with Crippen LogP contribution in [0.2, 0.25) is 0 Å². The zero-order chi connectivity index (χ0) is 8.93. The molecule has 1 aliphatic rings. The van der Waals surface area contributed by atoms with Crippen LogP contribution in [-0.4, -0.2) is 34.2 Å². The first kappa shape index (κ1) is 8.55. The number of nitrogens with one attached hydrogen (secondary N) is 1. The third kappa shape index (κ3) is 2.45. The van der Waals surface area contributed by atoms with Gasteiger partial charge in [-0.15, -0.1) is 0 Å². The molecule has 1 aliphatic heterocycles. The molecule has 1 N–H and O–H groups in total. The lowest BCUT2D eigenvalue weighted by Gasteiger charge is -2.01. The van der Waals surface area contributed by atoms with E-state index in [2.05, 4.69) is 20.4 Å². The average molecular weight is 198 g/mol. The van der Waals surface area contributed by atoms with E-state index in [0.717, 1.165) is 30.4 Å². The molecule has 0 atom stereocenters. The van der Waals surface area contributed by atoms with Gasteiger partial charge in [-0.2, -0.15) is 4.98 Å². The number of rotatable bonds is 3. The van der Waals surface area contributed by atoms with Gasteiger partial charge in [0.1, 0.15) is 0 Å². The number of thioether (sulfide) groups is 1. The van der Waals surface area contributed by atoms with E-state index in [-0.39, 0.29) is 0 Å². The molecule has 0 spiro atoms. The van der Waals surface area contributed by atoms with Crippen LogP contribution in [0.5, 0.6) is 0 Å². The molecule has 0 fully saturated rings. The summed E-state index contributed by atoms with van der Waals surface area (Å²) in [5, 5.41) is 7.76. The summed E-state index contributed by atoms with van der Waals surface area (Å²) in [6.07, 6.45) is 2.16. The van der Waals surface area contributed by atoms with Gasteiger partial charge in [0.15, 0.2) is 11.5 Å². The van der Waals surface area contributed by atoms with Crippen molar-refractivity contribution in [3.8, 4) is 0 Å². The second kappa shape index (κ2) is 4.27. The number of aliphatic imine (C=N–C) groups is 1. The molecule has 2 heterocycles. The zero-order valence-corrected chi connectivity index (χ0v) is 7.88. The summed E-state index contributed by atoms with van der Waals surface area (Å²) >= 11 is 1.75. The molecule has 5 nitrogen and oxygen atoms in total. The summed E-state index contributed by atoms with van der Waals surface area (Å²) < 4.78 is 4.85. The Kier molecular flexibility index (Phi) is 2.81. The van der Waals surface area contributed by atoms with Crippen molar-refractivity contribution in [3.63, 3.8) is 0 Å². The highest BCUT2D eigenvalue weighted by atomic mass is 32.2. The van der Waals surface area contributed by atoms with Crippen molar-refractivity contribution < 1.29 is 4.52 Å². The van der Waals surface area contributed by atoms with Crippen LogP contribution in [0.3, 0.4) is 0 Å². The molecule has 0 unspecified atom stereocenters. The first-order chi connectivity index (χ1) is 6.45. The lowest BCUT2D eigenvalue weighted by Crippen LogP contribution is -2.21. The van der Waals surface area contributed by atoms with Crippen LogP contribution in [0.25, 0.3) is 0 Å². The fourth-order valence-corrected chi connectivity index (χ4v) is 1.79. The van der Waals surface area contributed by atoms with Crippen molar-refractivity contribution >= 4 is 16.9 Å². The maximum atomic E-state index is 4.85. The van der Waals surface area contributed by atoms with Gasteiger partial charge in [-0.3, -0.25) is 4.99 Å². The van der Waals surface area contributed by atoms with Crippen LogP contribution in [-0.2, 0) is 6.42 Å². The molecule has 70 valence electrons. The van der Waals surface area contributed by atoms with Gasteiger partial charge < -0.3 is 9.84 Å². The Labute approximate surface area is 80.0 Å². The van der Waals surface area contributed by atoms with E-state index in [0.29, 0.717) is 5.89 Å². The molecule has 0 aliphatic carbocycles. The van der Waals surface area contributed by atoms with Crippen LogP contribution in [0.1, 0.15) is 5.89 Å². The van der Waals surface area contributed by atoms with Gasteiger partial charge in [-0.1, -0.05) is 16.9 Å². The van der Waals surface area contributed by atoms with Crippen molar-refractivity contribution in [2.45, 2.75) is 6.42 Å². The van der Waals surface area contributed by atoms with E-state index in [9.17, 15) is 0 Å². The summed E-state index contributed by atoms with van der Waals surface area (Å²) in [6, 6.07) is 0. The molecule has 0 saturated heterocycles. The van der Waals surface area contributed by atoms with Gasteiger partial charge in [0.05, 0.1) is 6.54 Å². The largest absolute Gasteiger partial charge is 0.364 e. The lowest BCUT2D eigenvalue weighted by molar-refractivity contribution is 0.377. The first-order valence-corrected chi connectivity index (χ1v) is 5.10. The summed E-state index contributed by atoms with van der Waals surface area (Å²) in [5.41, 5.74) is 0. The summed E-state index contributed by atoms with van der Waals surface area (Å²) in [6.45, 7) is 1.72. The summed E-state index contributed by atoms with van der Waals surface area (Å²) in [7, 11) is 0. The molecule has 2 rings (SSSR count). The predicted octanol–water partition coefficient (Wildman–Crippen LogP) is 0.305. The standard InChI is InChI=1S/C7H10N4OS/c1(6-10-5-11-12-6)2-8-7-9-3-4-13-7/h5H,1-4H2,(H,8,9). The molecule has 1 aromatic rings. The highest BCUT2D eigenvalue weighted by Crippen LogP contribution is 2.08. The third-order valence-corrected chi connectivity index (χ3v) is 2.54. The van der Waals surface area contributed by atoms with E-state index in [1.165, 1.54) is 6.33 Å². The van der Waals surface area contributed by atoms with Crippen LogP contribution in [0.4, 0.5) is 0 Å². The van der Waals surface area contributed by atoms with Gasteiger partial charge in [0, 0.05) is 18.7 Å². The molecule has 13 heavy (non-hydrogen) atoms. The van der Waals surface area contributed by atoms with Crippen molar-refractivity contribution in [2.24, 2.45) is 4.99 Å². The Morgan fingerprint density at radius 1 is 1.62 bits per heavy atom. The second-order valence-corrected chi connectivity index (χ2v) is 3.63. The van der Waals surface area contributed by atoms with Crippen molar-refractivity contribution in [2.75, 3.05) is 18.8 Å². The first-order valence-electron chi connectivity index (χ1n) is 4.12. The fraction of sp³-hybridized carbons (Fsp3) is 0.571. The molecular formula is C7H10N4OS. The molecular weight excluding hydrogens is 188 g/mol. The number of hydrogen-bond donors (Lipinski definition) is 1. The summed E-state index contributed by atoms with van der Waals surface area (Å²) in [5.74, 6) is 1.75. The second-order valence-electron chi connectivity index (χ2n) is 2.55. The van der Waals surface area contributed by atoms with E-state index >= 15 is 0 Å². The van der Waals surface area contributed by atoms with Gasteiger partial charge in [0.2, 0.25) is 5.89 Å². The minimum Gasteiger partial charge on any atom is -0.364 e. The predicted molar refractivity (Wildman–Crippen MR) is 50.8 cm³/mol. The highest BCUT2D eigenvalue weighted by molar-refractivity contribution is 8.14. The lowest BCUT2D eigenvalue weighted by atomic mass is 10.4. The quantitative estimate of drug-likeness (QED) is 0.757. The Morgan fingerprint density at radius 3 is 3.31 bits per heavy atom. The number of hydrogen-bond acceptors (Lipinski definition) is 6. The van der Waals surface area contributed by atoms with Gasteiger partial charge in [-0.25, -0.2) is 0 Å². The van der Waals surface area contributed by atoms with Gasteiger partial charge >= 0.3 is 0 Å². The molecule has 0 bridgehead atoms. The zero-order valence-electron chi connectivity index (χ0n) is 7.06. The third-order valence-electron chi connectivity index (χ3n) is 1.61. The normalized spacial score (nSPS) is 15.8. The molecule has 6 heteroatoms. The van der Waals surface area contributed by atoms with Crippen LogP contribution in [0, 0.1) is 0 Å². The monoisotopic (exact) mass is 198 g/mol. The van der Waals surface area contributed by atoms with E-state index in [1.54, 1.807) is 11.8 Å². The Morgan fingerprint density at radius 2 is 2.62 bits per heavy atom. The fourth-order valence-electron chi connectivity index (χ4n) is 1.02. The minimum atomic E-state index is 0.663. The number of aromatic nitrogens is 2. The SMILES string of the molecule is c1noc(CCNC2=NCCS2)n1. The van der Waals surface area contributed by atoms with E-state index in [1.807, 2.05) is 0 Å². The van der Waals surface area contributed by atoms with Crippen LogP contribution in [0.15, 0.2) is 15.8 Å². The molecule has 0 amide bonds. The highest BCUT2D eigenvalue weighted by Gasteiger charge is 2.06. The Hall–Kier alpha value is -1.04. The topological polar surface area (TPSA) is 63.3 Å². The molecule has 1 aromatic heterocycles. The van der Waals surface area contributed by atoms with Crippen molar-refractivity contribution in [3.05, 3.63) is 12.2 Å². The van der Waals surface area contributed by atoms with Crippen LogP contribution < -0.4 is 5.32 Å². The van der Waals surface area contributed by atoms with Crippen molar-refractivity contribution in [1.29, 1.82) is 0 Å². The summed E-state index contributed by atoms with van der Waals surface area (Å²) in [4.78, 5) is 8.17. The van der Waals surface area contributed by atoms with Crippen LogP contribution >= 0.6 is 11.8 Å². The Bertz CT molecular complexity index is 285. The van der Waals surface area contributed by atoms with Crippen molar-refractivity contribution in [1.82, 2.24) is 15.5 Å². The van der Waals surface area contributed by atoms with Gasteiger partial charge in [0.25, 0.3) is 0 Å². The average Bonchev–Trinajstić information content (AvgIpc) is 2.75. The number of nitrogens with zero attached hydrogens (tertiary/aromatic N) is 3. The number of amidine groups is 1. The van der Waals surface area contributed by atoms with Gasteiger partial charge in [-0.05, 0) is 0 Å². The maximum Gasteiger partial charge on any atom is 0.228 e. The molecule has 0 aromatic carbocycles. The Balaban J connectivity index is 1.69. The van der Waals surface area contributed by atoms with E-state index < -0.39 is 0 Å². The smallest absolute Gasteiger partial charge is 0.228 e.